The molecule has 0 saturated heterocycles. The average molecular weight is 292 g/mol. The highest BCUT2D eigenvalue weighted by Gasteiger charge is 2.13. The Balaban J connectivity index is 1.94. The zero-order valence-corrected chi connectivity index (χ0v) is 12.8. The van der Waals surface area contributed by atoms with Gasteiger partial charge in [0.25, 0.3) is 0 Å². The lowest BCUT2D eigenvalue weighted by atomic mass is 10.1. The van der Waals surface area contributed by atoms with Gasteiger partial charge in [0.2, 0.25) is 5.89 Å². The van der Waals surface area contributed by atoms with Crippen LogP contribution in [0.2, 0.25) is 0 Å². The molecule has 2 aromatic rings. The molecule has 2 N–H and O–H groups in total. The van der Waals surface area contributed by atoms with E-state index in [2.05, 4.69) is 41.6 Å². The summed E-state index contributed by atoms with van der Waals surface area (Å²) in [5.74, 6) is 0.276. The van der Waals surface area contributed by atoms with E-state index in [4.69, 9.17) is 4.42 Å². The first-order valence-corrected chi connectivity index (χ1v) is 6.93. The fraction of sp³-hybridized carbons (Fsp3) is 0.467. The molecule has 6 heteroatoms. The molecule has 0 saturated carbocycles. The largest absolute Gasteiger partial charge is 0.407 e. The number of benzene rings is 1. The number of halogens is 1. The normalized spacial score (nSPS) is 13.2. The summed E-state index contributed by atoms with van der Waals surface area (Å²) in [6, 6.07) is 6.63. The van der Waals surface area contributed by atoms with Crippen LogP contribution in [0.3, 0.4) is 0 Å². The van der Waals surface area contributed by atoms with Crippen molar-refractivity contribution >= 4 is 6.01 Å². The maximum Gasteiger partial charge on any atom is 0.315 e. The molecule has 1 heterocycles. The Bertz CT molecular complexity index is 574. The Morgan fingerprint density at radius 3 is 2.48 bits per heavy atom. The lowest BCUT2D eigenvalue weighted by Gasteiger charge is -2.18. The SMILES string of the molecule is CC(Nc1nnc(CNC(C)(C)C)o1)c1ccc(F)cc1. The molecule has 0 spiro atoms. The first kappa shape index (κ1) is 15.4. The molecule has 0 radical (unpaired) electrons. The first-order valence-electron chi connectivity index (χ1n) is 6.93. The van der Waals surface area contributed by atoms with Crippen molar-refractivity contribution in [1.29, 1.82) is 0 Å². The minimum absolute atomic E-state index is 0.0105. The Morgan fingerprint density at radius 1 is 1.19 bits per heavy atom. The number of aromatic nitrogens is 2. The predicted molar refractivity (Wildman–Crippen MR) is 79.3 cm³/mol. The molecule has 21 heavy (non-hydrogen) atoms. The molecule has 1 aromatic heterocycles. The fourth-order valence-corrected chi connectivity index (χ4v) is 1.74. The molecule has 5 nitrogen and oxygen atoms in total. The number of nitrogens with one attached hydrogen (secondary N) is 2. The molecule has 0 amide bonds. The van der Waals surface area contributed by atoms with Gasteiger partial charge in [0, 0.05) is 5.54 Å². The van der Waals surface area contributed by atoms with E-state index in [-0.39, 0.29) is 17.4 Å². The minimum atomic E-state index is -0.251. The third-order valence-electron chi connectivity index (χ3n) is 2.95. The minimum Gasteiger partial charge on any atom is -0.407 e. The molecule has 0 fully saturated rings. The van der Waals surface area contributed by atoms with Gasteiger partial charge < -0.3 is 15.1 Å². The van der Waals surface area contributed by atoms with Crippen molar-refractivity contribution in [3.8, 4) is 0 Å². The first-order chi connectivity index (χ1) is 9.83. The average Bonchev–Trinajstić information content (AvgIpc) is 2.84. The summed E-state index contributed by atoms with van der Waals surface area (Å²) in [5, 5.41) is 14.3. The zero-order valence-electron chi connectivity index (χ0n) is 12.8. The van der Waals surface area contributed by atoms with Gasteiger partial charge in [-0.15, -0.1) is 5.10 Å². The summed E-state index contributed by atoms with van der Waals surface area (Å²) in [5.41, 5.74) is 0.938. The van der Waals surface area contributed by atoms with E-state index in [1.165, 1.54) is 12.1 Å². The molecule has 0 bridgehead atoms. The fourth-order valence-electron chi connectivity index (χ4n) is 1.74. The summed E-state index contributed by atoms with van der Waals surface area (Å²) >= 11 is 0. The van der Waals surface area contributed by atoms with Gasteiger partial charge in [-0.1, -0.05) is 17.2 Å². The van der Waals surface area contributed by atoms with Gasteiger partial charge in [-0.25, -0.2) is 4.39 Å². The predicted octanol–water partition coefficient (Wildman–Crippen LogP) is 3.27. The number of anilines is 1. The molecular weight excluding hydrogens is 271 g/mol. The second-order valence-corrected chi connectivity index (χ2v) is 6.02. The van der Waals surface area contributed by atoms with E-state index in [1.54, 1.807) is 12.1 Å². The van der Waals surface area contributed by atoms with Gasteiger partial charge in [-0.3, -0.25) is 0 Å². The molecule has 0 aliphatic rings. The standard InChI is InChI=1S/C15H21FN4O/c1-10(11-5-7-12(16)8-6-11)18-14-20-19-13(21-14)9-17-15(2,3)4/h5-8,10,17H,9H2,1-4H3,(H,18,20). The van der Waals surface area contributed by atoms with Crippen LogP contribution < -0.4 is 10.6 Å². The van der Waals surface area contributed by atoms with Crippen molar-refractivity contribution in [2.75, 3.05) is 5.32 Å². The van der Waals surface area contributed by atoms with Crippen LogP contribution in [-0.2, 0) is 6.54 Å². The summed E-state index contributed by atoms with van der Waals surface area (Å²) in [6.07, 6.45) is 0. The molecule has 0 aliphatic carbocycles. The topological polar surface area (TPSA) is 63.0 Å². The van der Waals surface area contributed by atoms with Crippen molar-refractivity contribution < 1.29 is 8.81 Å². The van der Waals surface area contributed by atoms with Crippen molar-refractivity contribution in [2.24, 2.45) is 0 Å². The smallest absolute Gasteiger partial charge is 0.315 e. The molecule has 114 valence electrons. The van der Waals surface area contributed by atoms with Crippen LogP contribution in [0.5, 0.6) is 0 Å². The van der Waals surface area contributed by atoms with E-state index in [0.717, 1.165) is 5.56 Å². The molecular formula is C15H21FN4O. The van der Waals surface area contributed by atoms with Gasteiger partial charge in [0.1, 0.15) is 5.82 Å². The summed E-state index contributed by atoms with van der Waals surface area (Å²) in [7, 11) is 0. The maximum atomic E-state index is 12.9. The van der Waals surface area contributed by atoms with E-state index >= 15 is 0 Å². The molecule has 1 atom stereocenters. The summed E-state index contributed by atoms with van der Waals surface area (Å²) in [4.78, 5) is 0. The van der Waals surface area contributed by atoms with Gasteiger partial charge in [-0.05, 0) is 45.4 Å². The second kappa shape index (κ2) is 6.22. The van der Waals surface area contributed by atoms with Crippen molar-refractivity contribution in [2.45, 2.75) is 45.8 Å². The molecule has 1 aromatic carbocycles. The van der Waals surface area contributed by atoms with E-state index in [0.29, 0.717) is 18.5 Å². The molecule has 0 aliphatic heterocycles. The van der Waals surface area contributed by atoms with Gasteiger partial charge in [0.05, 0.1) is 12.6 Å². The van der Waals surface area contributed by atoms with E-state index < -0.39 is 0 Å². The van der Waals surface area contributed by atoms with Crippen LogP contribution in [0.1, 0.15) is 45.2 Å². The Kier molecular flexibility index (Phi) is 4.57. The van der Waals surface area contributed by atoms with Crippen molar-refractivity contribution in [3.63, 3.8) is 0 Å². The van der Waals surface area contributed by atoms with Gasteiger partial charge in [-0.2, -0.15) is 0 Å². The lowest BCUT2D eigenvalue weighted by molar-refractivity contribution is 0.383. The second-order valence-electron chi connectivity index (χ2n) is 6.02. The highest BCUT2D eigenvalue weighted by atomic mass is 19.1. The van der Waals surface area contributed by atoms with Crippen molar-refractivity contribution in [3.05, 3.63) is 41.5 Å². The summed E-state index contributed by atoms with van der Waals surface area (Å²) in [6.45, 7) is 8.67. The number of hydrogen-bond acceptors (Lipinski definition) is 5. The van der Waals surface area contributed by atoms with Crippen molar-refractivity contribution in [1.82, 2.24) is 15.5 Å². The molecule has 1 unspecified atom stereocenters. The summed E-state index contributed by atoms with van der Waals surface area (Å²) < 4.78 is 18.4. The highest BCUT2D eigenvalue weighted by molar-refractivity contribution is 5.28. The lowest BCUT2D eigenvalue weighted by Crippen LogP contribution is -2.35. The third-order valence-corrected chi connectivity index (χ3v) is 2.95. The monoisotopic (exact) mass is 292 g/mol. The van der Waals surface area contributed by atoms with Crippen LogP contribution in [0.4, 0.5) is 10.4 Å². The zero-order chi connectivity index (χ0) is 15.5. The Hall–Kier alpha value is -1.95. The number of rotatable bonds is 5. The van der Waals surface area contributed by atoms with Crippen LogP contribution >= 0.6 is 0 Å². The Morgan fingerprint density at radius 2 is 1.86 bits per heavy atom. The van der Waals surface area contributed by atoms with E-state index in [1.807, 2.05) is 6.92 Å². The van der Waals surface area contributed by atoms with Crippen LogP contribution in [0.15, 0.2) is 28.7 Å². The van der Waals surface area contributed by atoms with Crippen LogP contribution in [0.25, 0.3) is 0 Å². The molecule has 2 rings (SSSR count). The number of hydrogen-bond donors (Lipinski definition) is 2. The quantitative estimate of drug-likeness (QED) is 0.885. The third kappa shape index (κ3) is 4.82. The Labute approximate surface area is 124 Å². The highest BCUT2D eigenvalue weighted by Crippen LogP contribution is 2.18. The maximum absolute atomic E-state index is 12.9. The van der Waals surface area contributed by atoms with Crippen LogP contribution in [0, 0.1) is 5.82 Å². The van der Waals surface area contributed by atoms with Gasteiger partial charge in [0.15, 0.2) is 0 Å². The van der Waals surface area contributed by atoms with Gasteiger partial charge >= 0.3 is 6.01 Å². The number of nitrogens with zero attached hydrogens (tertiary/aromatic N) is 2. The van der Waals surface area contributed by atoms with E-state index in [9.17, 15) is 4.39 Å². The van der Waals surface area contributed by atoms with Crippen LogP contribution in [-0.4, -0.2) is 15.7 Å².